The molecule has 0 aliphatic carbocycles. The van der Waals surface area contributed by atoms with Crippen LogP contribution in [0.4, 0.5) is 0 Å². The van der Waals surface area contributed by atoms with Crippen LogP contribution in [0.2, 0.25) is 5.04 Å². The molecule has 2 aromatic rings. The molecule has 1 saturated heterocycles. The Morgan fingerprint density at radius 3 is 2.23 bits per heavy atom. The van der Waals surface area contributed by atoms with Crippen molar-refractivity contribution >= 4 is 18.7 Å². The van der Waals surface area contributed by atoms with Crippen molar-refractivity contribution in [2.24, 2.45) is 5.92 Å². The Bertz CT molecular complexity index is 916. The molecule has 2 heterocycles. The predicted octanol–water partition coefficient (Wildman–Crippen LogP) is 5.19. The third-order valence-electron chi connectivity index (χ3n) is 7.62. The van der Waals surface area contributed by atoms with E-state index < -0.39 is 20.2 Å². The zero-order valence-electron chi connectivity index (χ0n) is 21.8. The lowest BCUT2D eigenvalue weighted by Gasteiger charge is -2.43. The van der Waals surface area contributed by atoms with E-state index in [1.807, 2.05) is 0 Å². The number of benzene rings is 2. The van der Waals surface area contributed by atoms with Crippen LogP contribution in [0.1, 0.15) is 59.8 Å². The third-order valence-corrected chi connectivity index (χ3v) is 12.7. The van der Waals surface area contributed by atoms with Gasteiger partial charge in [0.15, 0.2) is 5.79 Å². The fourth-order valence-electron chi connectivity index (χ4n) is 5.72. The van der Waals surface area contributed by atoms with Gasteiger partial charge in [0.25, 0.3) is 8.32 Å². The van der Waals surface area contributed by atoms with Gasteiger partial charge in [-0.1, -0.05) is 94.4 Å². The van der Waals surface area contributed by atoms with Crippen molar-refractivity contribution in [2.45, 2.75) is 82.8 Å². The van der Waals surface area contributed by atoms with Crippen molar-refractivity contribution in [1.29, 1.82) is 0 Å². The van der Waals surface area contributed by atoms with Gasteiger partial charge in [0.05, 0.1) is 18.8 Å². The topological polar surface area (TPSA) is 47.9 Å². The van der Waals surface area contributed by atoms with Crippen LogP contribution >= 0.6 is 0 Å². The Kier molecular flexibility index (Phi) is 8.34. The maximum Gasteiger partial charge on any atom is 0.261 e. The summed E-state index contributed by atoms with van der Waals surface area (Å²) in [4.78, 5) is 0. The lowest BCUT2D eigenvalue weighted by molar-refractivity contribution is -0.200. The average Bonchev–Trinajstić information content (AvgIpc) is 3.23. The van der Waals surface area contributed by atoms with Crippen LogP contribution in [0.25, 0.3) is 0 Å². The molecule has 0 amide bonds. The first-order valence-electron chi connectivity index (χ1n) is 13.2. The van der Waals surface area contributed by atoms with Crippen LogP contribution < -0.4 is 10.4 Å². The van der Waals surface area contributed by atoms with Crippen molar-refractivity contribution in [2.75, 3.05) is 13.2 Å². The minimum absolute atomic E-state index is 0.0637. The van der Waals surface area contributed by atoms with E-state index in [1.54, 1.807) is 0 Å². The normalized spacial score (nSPS) is 24.5. The monoisotopic (exact) mass is 494 g/mol. The highest BCUT2D eigenvalue weighted by Crippen LogP contribution is 2.39. The maximum absolute atomic E-state index is 11.1. The van der Waals surface area contributed by atoms with Gasteiger partial charge >= 0.3 is 0 Å². The molecule has 2 unspecified atom stereocenters. The first kappa shape index (κ1) is 26.3. The molecule has 2 aromatic carbocycles. The summed E-state index contributed by atoms with van der Waals surface area (Å²) in [6, 6.07) is 21.4. The van der Waals surface area contributed by atoms with Gasteiger partial charge in [0.2, 0.25) is 0 Å². The van der Waals surface area contributed by atoms with Gasteiger partial charge in [-0.2, -0.15) is 0 Å². The molecule has 0 bridgehead atoms. The zero-order valence-corrected chi connectivity index (χ0v) is 22.8. The van der Waals surface area contributed by atoms with Crippen molar-refractivity contribution < 1.29 is 19.0 Å². The maximum atomic E-state index is 11.1. The van der Waals surface area contributed by atoms with Gasteiger partial charge in [-0.15, -0.1) is 0 Å². The molecule has 35 heavy (non-hydrogen) atoms. The Morgan fingerprint density at radius 1 is 1.06 bits per heavy atom. The molecular formula is C30H42O4Si. The molecule has 4 nitrogen and oxygen atoms in total. The van der Waals surface area contributed by atoms with Crippen molar-refractivity contribution in [1.82, 2.24) is 0 Å². The summed E-state index contributed by atoms with van der Waals surface area (Å²) in [6.45, 7) is 10.2. The van der Waals surface area contributed by atoms with Gasteiger partial charge in [-0.25, -0.2) is 0 Å². The highest BCUT2D eigenvalue weighted by molar-refractivity contribution is 6.99. The molecule has 2 aliphatic heterocycles. The summed E-state index contributed by atoms with van der Waals surface area (Å²) < 4.78 is 19.2. The summed E-state index contributed by atoms with van der Waals surface area (Å²) in [5, 5.41) is 13.5. The highest BCUT2D eigenvalue weighted by atomic mass is 28.4. The van der Waals surface area contributed by atoms with Crippen LogP contribution in [0, 0.1) is 5.92 Å². The second-order valence-electron chi connectivity index (χ2n) is 11.2. The zero-order chi connectivity index (χ0) is 24.9. The number of ether oxygens (including phenoxy) is 2. The Hall–Kier alpha value is -1.76. The highest BCUT2D eigenvalue weighted by Gasteiger charge is 2.50. The first-order chi connectivity index (χ1) is 16.8. The molecule has 0 radical (unpaired) electrons. The minimum atomic E-state index is -2.57. The van der Waals surface area contributed by atoms with Gasteiger partial charge in [-0.3, -0.25) is 0 Å². The van der Waals surface area contributed by atoms with Gasteiger partial charge in [0, 0.05) is 13.0 Å². The Labute approximate surface area is 212 Å². The molecular weight excluding hydrogens is 452 g/mol. The number of aliphatic hydroxyl groups excluding tert-OH is 1. The average molecular weight is 495 g/mol. The van der Waals surface area contributed by atoms with Crippen molar-refractivity contribution in [3.8, 4) is 0 Å². The lowest BCUT2D eigenvalue weighted by Crippen LogP contribution is -2.66. The number of hydrogen-bond donors (Lipinski definition) is 1. The Balaban J connectivity index is 1.42. The van der Waals surface area contributed by atoms with Gasteiger partial charge < -0.3 is 19.0 Å². The molecule has 5 heteroatoms. The van der Waals surface area contributed by atoms with Crippen LogP contribution in [-0.2, 0) is 13.9 Å². The van der Waals surface area contributed by atoms with E-state index in [0.29, 0.717) is 13.0 Å². The first-order valence-corrected chi connectivity index (χ1v) is 15.1. The molecule has 1 spiro atoms. The van der Waals surface area contributed by atoms with E-state index in [-0.39, 0.29) is 17.1 Å². The molecule has 0 saturated carbocycles. The van der Waals surface area contributed by atoms with Crippen molar-refractivity contribution in [3.63, 3.8) is 0 Å². The van der Waals surface area contributed by atoms with Crippen molar-refractivity contribution in [3.05, 3.63) is 72.8 Å². The molecule has 4 rings (SSSR count). The molecule has 1 fully saturated rings. The SMILES string of the molecule is C[C@H](CC1CCC2(C=CCCO2)O1)[C@H](O)CCO[Si](c1ccccc1)(c1ccccc1)C(C)(C)C. The van der Waals surface area contributed by atoms with E-state index in [9.17, 15) is 5.11 Å². The smallest absolute Gasteiger partial charge is 0.261 e. The van der Waals surface area contributed by atoms with E-state index in [1.165, 1.54) is 10.4 Å². The molecule has 0 aromatic heterocycles. The summed E-state index contributed by atoms with van der Waals surface area (Å²) in [7, 11) is -2.57. The second-order valence-corrected chi connectivity index (χ2v) is 15.5. The quantitative estimate of drug-likeness (QED) is 0.385. The Morgan fingerprint density at radius 2 is 1.69 bits per heavy atom. The molecule has 190 valence electrons. The van der Waals surface area contributed by atoms with E-state index in [0.717, 1.165) is 32.3 Å². The lowest BCUT2D eigenvalue weighted by atomic mass is 9.94. The van der Waals surface area contributed by atoms with Crippen LogP contribution in [0.5, 0.6) is 0 Å². The summed E-state index contributed by atoms with van der Waals surface area (Å²) in [5.41, 5.74) is 0. The summed E-state index contributed by atoms with van der Waals surface area (Å²) in [6.07, 6.45) is 8.20. The van der Waals surface area contributed by atoms with Crippen LogP contribution in [0.15, 0.2) is 72.8 Å². The van der Waals surface area contributed by atoms with Gasteiger partial charge in [-0.05, 0) is 53.1 Å². The molecule has 2 aliphatic rings. The van der Waals surface area contributed by atoms with Crippen LogP contribution in [-0.4, -0.2) is 44.6 Å². The van der Waals surface area contributed by atoms with Gasteiger partial charge in [0.1, 0.15) is 0 Å². The number of hydrogen-bond acceptors (Lipinski definition) is 4. The summed E-state index contributed by atoms with van der Waals surface area (Å²) >= 11 is 0. The number of aliphatic hydroxyl groups is 1. The van der Waals surface area contributed by atoms with E-state index in [4.69, 9.17) is 13.9 Å². The second kappa shape index (κ2) is 11.1. The molecule has 4 atom stereocenters. The minimum Gasteiger partial charge on any atom is -0.407 e. The fourth-order valence-corrected chi connectivity index (χ4v) is 10.3. The van der Waals surface area contributed by atoms with Crippen LogP contribution in [0.3, 0.4) is 0 Å². The fraction of sp³-hybridized carbons (Fsp3) is 0.533. The third kappa shape index (κ3) is 5.81. The van der Waals surface area contributed by atoms with E-state index >= 15 is 0 Å². The standard InChI is InChI=1S/C30H42O4Si/c1-24(23-25-17-20-30(34-25)19-11-12-21-32-30)28(31)18-22-33-35(29(2,3)4,26-13-7-5-8-14-26)27-15-9-6-10-16-27/h5-11,13-16,19,24-25,28,31H,12,17-18,20-23H2,1-4H3/t24-,25?,28-,30?/m1/s1. The van der Waals surface area contributed by atoms with E-state index in [2.05, 4.69) is 101 Å². The largest absolute Gasteiger partial charge is 0.407 e. The predicted molar refractivity (Wildman–Crippen MR) is 145 cm³/mol. The molecule has 1 N–H and O–H groups in total. The summed E-state index contributed by atoms with van der Waals surface area (Å²) in [5.74, 6) is -0.398. The number of rotatable bonds is 9.